The molecule has 256 valence electrons. The molecule has 48 heavy (non-hydrogen) atoms. The molecule has 1 aliphatic carbocycles. The van der Waals surface area contributed by atoms with E-state index in [2.05, 4.69) is 9.80 Å². The number of carbonyl (C=O) groups excluding carboxylic acids is 4. The lowest BCUT2D eigenvalue weighted by molar-refractivity contribution is -0.190. The molecule has 0 radical (unpaired) electrons. The molecule has 0 amide bonds. The summed E-state index contributed by atoms with van der Waals surface area (Å²) in [5.74, 6) is -5.41. The number of ether oxygens (including phenoxy) is 4. The zero-order valence-electron chi connectivity index (χ0n) is 28.1. The van der Waals surface area contributed by atoms with Gasteiger partial charge in [-0.3, -0.25) is 29.0 Å². The number of fused-ring (bicyclic) bond motifs is 4. The highest BCUT2D eigenvalue weighted by atomic mass is 16.6. The van der Waals surface area contributed by atoms with Crippen molar-refractivity contribution in [2.75, 3.05) is 28.3 Å². The second-order valence-electron chi connectivity index (χ2n) is 14.4. The lowest BCUT2D eigenvalue weighted by atomic mass is 9.52. The van der Waals surface area contributed by atoms with E-state index >= 15 is 0 Å². The van der Waals surface area contributed by atoms with Gasteiger partial charge in [0.25, 0.3) is 0 Å². The molecule has 0 N–H and O–H groups in total. The Morgan fingerprint density at radius 3 is 1.27 bits per heavy atom. The minimum absolute atomic E-state index is 0.0757. The van der Waals surface area contributed by atoms with Crippen LogP contribution in [0.2, 0.25) is 0 Å². The van der Waals surface area contributed by atoms with Gasteiger partial charge in [0.05, 0.1) is 26.1 Å². The predicted molar refractivity (Wildman–Crippen MR) is 174 cm³/mol. The second-order valence-corrected chi connectivity index (χ2v) is 14.4. The van der Waals surface area contributed by atoms with E-state index in [-0.39, 0.29) is 47.9 Å². The molecule has 4 unspecified atom stereocenters. The van der Waals surface area contributed by atoms with Crippen molar-refractivity contribution >= 4 is 23.9 Å². The number of rotatable bonds is 8. The quantitative estimate of drug-likeness (QED) is 0.306. The molecule has 12 atom stereocenters. The molecule has 0 aromatic heterocycles. The van der Waals surface area contributed by atoms with Crippen LogP contribution in [0.15, 0.2) is 60.7 Å². The van der Waals surface area contributed by atoms with Crippen molar-refractivity contribution in [3.05, 3.63) is 71.8 Å². The molecule has 4 bridgehead atoms. The average Bonchev–Trinajstić information content (AvgIpc) is 3.45. The number of benzene rings is 2. The first-order valence-corrected chi connectivity index (χ1v) is 17.3. The summed E-state index contributed by atoms with van der Waals surface area (Å²) in [5, 5.41) is 0. The van der Waals surface area contributed by atoms with Crippen LogP contribution >= 0.6 is 0 Å². The Morgan fingerprint density at radius 2 is 0.917 bits per heavy atom. The van der Waals surface area contributed by atoms with Gasteiger partial charge in [-0.15, -0.1) is 0 Å². The van der Waals surface area contributed by atoms with Crippen LogP contribution in [0.3, 0.4) is 0 Å². The Hall–Kier alpha value is -3.76. The summed E-state index contributed by atoms with van der Waals surface area (Å²) in [4.78, 5) is 59.7. The number of hydrogen-bond donors (Lipinski definition) is 0. The Balaban J connectivity index is 1.23. The van der Waals surface area contributed by atoms with E-state index < -0.39 is 47.8 Å². The van der Waals surface area contributed by atoms with Crippen molar-refractivity contribution in [1.82, 2.24) is 9.80 Å². The van der Waals surface area contributed by atoms with E-state index in [4.69, 9.17) is 18.9 Å². The van der Waals surface area contributed by atoms with Gasteiger partial charge in [-0.25, -0.2) is 0 Å². The number of nitrogens with zero attached hydrogens (tertiary/aromatic N) is 2. The van der Waals surface area contributed by atoms with Gasteiger partial charge in [-0.2, -0.15) is 0 Å². The number of piperidine rings is 2. The first-order valence-electron chi connectivity index (χ1n) is 17.3. The Labute approximate surface area is 282 Å². The minimum atomic E-state index is -0.847. The van der Waals surface area contributed by atoms with Gasteiger partial charge in [-0.1, -0.05) is 60.7 Å². The monoisotopic (exact) mass is 658 g/mol. The summed E-state index contributed by atoms with van der Waals surface area (Å²) in [7, 11) is 6.77. The van der Waals surface area contributed by atoms with E-state index in [0.29, 0.717) is 12.8 Å². The zero-order valence-corrected chi connectivity index (χ0v) is 28.1. The molecule has 4 aliphatic heterocycles. The number of hydrogen-bond acceptors (Lipinski definition) is 10. The Morgan fingerprint density at radius 1 is 0.542 bits per heavy atom. The maximum Gasteiger partial charge on any atom is 0.314 e. The van der Waals surface area contributed by atoms with Crippen LogP contribution < -0.4 is 0 Å². The molecule has 0 spiro atoms. The standard InChI is InChI=1S/C38H46N2O8/c1-39-23-15-17-25(39)31(35(41)45-3)27(19-23)47-37(43)33-29(21-11-7-5-8-12-21)30(22-13-9-6-10-14-22)34(33)38(44)48-28-20-24-16-18-26(40(24)2)32(28)36(42)46-4/h5-14,23-34H,15-20H2,1-4H3/t23-,24-,25+,26+,27?,28?,29-,30-,31?,32?,33-,34+/m0/s1. The van der Waals surface area contributed by atoms with Crippen molar-refractivity contribution in [2.45, 2.75) is 86.7 Å². The molecule has 2 aromatic carbocycles. The highest BCUT2D eigenvalue weighted by Crippen LogP contribution is 2.59. The van der Waals surface area contributed by atoms with Gasteiger partial charge in [0.1, 0.15) is 24.0 Å². The van der Waals surface area contributed by atoms with Gasteiger partial charge >= 0.3 is 23.9 Å². The molecule has 10 nitrogen and oxygen atoms in total. The second kappa shape index (κ2) is 13.3. The van der Waals surface area contributed by atoms with Crippen LogP contribution in [-0.4, -0.2) is 98.4 Å². The van der Waals surface area contributed by atoms with Crippen molar-refractivity contribution in [3.63, 3.8) is 0 Å². The molecule has 5 fully saturated rings. The zero-order chi connectivity index (χ0) is 33.7. The molecular weight excluding hydrogens is 612 g/mol. The summed E-state index contributed by atoms with van der Waals surface area (Å²) < 4.78 is 23.1. The highest BCUT2D eigenvalue weighted by Gasteiger charge is 2.62. The van der Waals surface area contributed by atoms with Crippen LogP contribution in [0.5, 0.6) is 0 Å². The van der Waals surface area contributed by atoms with Gasteiger partial charge in [0.15, 0.2) is 0 Å². The molecule has 1 saturated carbocycles. The molecule has 2 aromatic rings. The predicted octanol–water partition coefficient (Wildman–Crippen LogP) is 3.94. The van der Waals surface area contributed by atoms with Gasteiger partial charge < -0.3 is 18.9 Å². The van der Waals surface area contributed by atoms with Gasteiger partial charge in [-0.05, 0) is 50.9 Å². The third-order valence-corrected chi connectivity index (χ3v) is 12.4. The van der Waals surface area contributed by atoms with Gasteiger partial charge in [0, 0.05) is 48.8 Å². The SMILES string of the molecule is COC(=O)C1C(OC(=O)[C@@H]2[C@H](C(=O)OC3C[C@@H]4CC[C@H](C3C(=O)OC)N4C)[C@@H](c3ccccc3)[C@@H]2c2ccccc2)C[C@@H]2CC[C@H]1N2C. The molecular formula is C38H46N2O8. The van der Waals surface area contributed by atoms with Crippen molar-refractivity contribution in [1.29, 1.82) is 0 Å². The highest BCUT2D eigenvalue weighted by molar-refractivity contribution is 5.88. The average molecular weight is 659 g/mol. The van der Waals surface area contributed by atoms with Crippen LogP contribution in [0, 0.1) is 23.7 Å². The van der Waals surface area contributed by atoms with Crippen LogP contribution in [0.25, 0.3) is 0 Å². The first kappa shape index (κ1) is 32.8. The van der Waals surface area contributed by atoms with E-state index in [9.17, 15) is 19.2 Å². The number of esters is 4. The fraction of sp³-hybridized carbons (Fsp3) is 0.579. The largest absolute Gasteiger partial charge is 0.469 e. The lowest BCUT2D eigenvalue weighted by Crippen LogP contribution is -2.58. The third kappa shape index (κ3) is 5.50. The van der Waals surface area contributed by atoms with Crippen molar-refractivity contribution in [2.24, 2.45) is 23.7 Å². The van der Waals surface area contributed by atoms with Crippen molar-refractivity contribution < 1.29 is 38.1 Å². The van der Waals surface area contributed by atoms with E-state index in [1.807, 2.05) is 74.8 Å². The summed E-state index contributed by atoms with van der Waals surface area (Å²) in [6, 6.07) is 19.8. The molecule has 5 aliphatic rings. The number of methoxy groups -OCH3 is 2. The lowest BCUT2D eigenvalue weighted by Gasteiger charge is -2.51. The smallest absolute Gasteiger partial charge is 0.314 e. The van der Waals surface area contributed by atoms with Gasteiger partial charge in [0.2, 0.25) is 0 Å². The fourth-order valence-corrected chi connectivity index (χ4v) is 9.94. The summed E-state index contributed by atoms with van der Waals surface area (Å²) in [6.07, 6.45) is 3.24. The fourth-order valence-electron chi connectivity index (χ4n) is 9.94. The van der Waals surface area contributed by atoms with Crippen molar-refractivity contribution in [3.8, 4) is 0 Å². The minimum Gasteiger partial charge on any atom is -0.469 e. The Kier molecular flexibility index (Phi) is 9.06. The van der Waals surface area contributed by atoms with Crippen LogP contribution in [-0.2, 0) is 38.1 Å². The van der Waals surface area contributed by atoms with E-state index in [1.54, 1.807) is 0 Å². The first-order chi connectivity index (χ1) is 23.2. The molecule has 4 heterocycles. The molecule has 10 heteroatoms. The third-order valence-electron chi connectivity index (χ3n) is 12.4. The summed E-state index contributed by atoms with van der Waals surface area (Å²) in [5.41, 5.74) is 1.85. The van der Waals surface area contributed by atoms with E-state index in [1.165, 1.54) is 14.2 Å². The topological polar surface area (TPSA) is 112 Å². The van der Waals surface area contributed by atoms with Crippen LogP contribution in [0.4, 0.5) is 0 Å². The number of carbonyl (C=O) groups is 4. The molecule has 7 rings (SSSR count). The normalized spacial score (nSPS) is 37.2. The summed E-state index contributed by atoms with van der Waals surface area (Å²) in [6.45, 7) is 0. The maximum atomic E-state index is 14.5. The Bertz CT molecular complexity index is 1410. The van der Waals surface area contributed by atoms with E-state index in [0.717, 1.165) is 36.8 Å². The van der Waals surface area contributed by atoms with Crippen LogP contribution in [0.1, 0.15) is 61.5 Å². The maximum absolute atomic E-state index is 14.5. The molecule has 4 saturated heterocycles. The summed E-state index contributed by atoms with van der Waals surface area (Å²) >= 11 is 0.